The summed E-state index contributed by atoms with van der Waals surface area (Å²) in [6.07, 6.45) is 0.982. The minimum Gasteiger partial charge on any atom is -0.382 e. The Kier molecular flexibility index (Phi) is 12.0. The number of rotatable bonds is 7. The summed E-state index contributed by atoms with van der Waals surface area (Å²) in [6.45, 7) is 5.25. The second-order valence-electron chi connectivity index (χ2n) is 4.47. The number of ether oxygens (including phenoxy) is 1. The van der Waals surface area contributed by atoms with Gasteiger partial charge in [0.2, 0.25) is 0 Å². The van der Waals surface area contributed by atoms with E-state index in [0.717, 1.165) is 43.2 Å². The number of benzene rings is 1. The van der Waals surface area contributed by atoms with Crippen LogP contribution < -0.4 is 5.32 Å². The molecule has 21 heavy (non-hydrogen) atoms. The van der Waals surface area contributed by atoms with Crippen molar-refractivity contribution in [1.29, 1.82) is 0 Å². The molecule has 0 saturated carbocycles. The highest BCUT2D eigenvalue weighted by Gasteiger charge is 2.07. The van der Waals surface area contributed by atoms with E-state index in [2.05, 4.69) is 43.3 Å². The standard InChI is InChI=1S/C15H24BrN3O.HI/c1-4-20-11-7-10-18-15(17-2)19(3)12-13-8-5-6-9-14(13)16;/h5-6,8-9H,4,7,10-12H2,1-3H3,(H,17,18);1H. The minimum atomic E-state index is 0. The van der Waals surface area contributed by atoms with Crippen molar-refractivity contribution in [2.75, 3.05) is 33.9 Å². The Morgan fingerprint density at radius 3 is 2.71 bits per heavy atom. The molecule has 0 aliphatic heterocycles. The van der Waals surface area contributed by atoms with E-state index in [0.29, 0.717) is 0 Å². The molecule has 1 rings (SSSR count). The van der Waals surface area contributed by atoms with Crippen molar-refractivity contribution in [1.82, 2.24) is 10.2 Å². The molecule has 0 radical (unpaired) electrons. The molecule has 0 aromatic heterocycles. The highest BCUT2D eigenvalue weighted by molar-refractivity contribution is 14.0. The summed E-state index contributed by atoms with van der Waals surface area (Å²) in [5, 5.41) is 3.35. The number of hydrogen-bond donors (Lipinski definition) is 1. The number of hydrogen-bond acceptors (Lipinski definition) is 2. The predicted octanol–water partition coefficient (Wildman–Crippen LogP) is 3.50. The lowest BCUT2D eigenvalue weighted by Crippen LogP contribution is -2.39. The van der Waals surface area contributed by atoms with Gasteiger partial charge < -0.3 is 15.0 Å². The van der Waals surface area contributed by atoms with Crippen LogP contribution in [0.15, 0.2) is 33.7 Å². The lowest BCUT2D eigenvalue weighted by atomic mass is 10.2. The molecule has 0 fully saturated rings. The van der Waals surface area contributed by atoms with Crippen molar-refractivity contribution in [3.05, 3.63) is 34.3 Å². The van der Waals surface area contributed by atoms with E-state index in [4.69, 9.17) is 4.74 Å². The van der Waals surface area contributed by atoms with Crippen LogP contribution in [0.4, 0.5) is 0 Å². The van der Waals surface area contributed by atoms with Gasteiger partial charge in [-0.05, 0) is 25.0 Å². The summed E-state index contributed by atoms with van der Waals surface area (Å²) in [4.78, 5) is 6.42. The SMILES string of the molecule is CCOCCCNC(=NC)N(C)Cc1ccccc1Br.I. The molecule has 0 unspecified atom stereocenters. The largest absolute Gasteiger partial charge is 0.382 e. The molecule has 0 aliphatic rings. The Balaban J connectivity index is 0.00000400. The molecule has 4 nitrogen and oxygen atoms in total. The lowest BCUT2D eigenvalue weighted by Gasteiger charge is -2.22. The Morgan fingerprint density at radius 2 is 2.10 bits per heavy atom. The van der Waals surface area contributed by atoms with E-state index in [1.165, 1.54) is 5.56 Å². The van der Waals surface area contributed by atoms with Crippen LogP contribution in [0.1, 0.15) is 18.9 Å². The van der Waals surface area contributed by atoms with Crippen molar-refractivity contribution < 1.29 is 4.74 Å². The van der Waals surface area contributed by atoms with Gasteiger partial charge >= 0.3 is 0 Å². The van der Waals surface area contributed by atoms with Gasteiger partial charge in [0.25, 0.3) is 0 Å². The topological polar surface area (TPSA) is 36.9 Å². The van der Waals surface area contributed by atoms with E-state index < -0.39 is 0 Å². The third-order valence-corrected chi connectivity index (χ3v) is 3.67. The number of guanidine groups is 1. The van der Waals surface area contributed by atoms with Gasteiger partial charge in [-0.3, -0.25) is 4.99 Å². The summed E-state index contributed by atoms with van der Waals surface area (Å²) < 4.78 is 6.44. The fourth-order valence-electron chi connectivity index (χ4n) is 1.86. The molecule has 0 heterocycles. The van der Waals surface area contributed by atoms with Crippen LogP contribution in [-0.4, -0.2) is 44.7 Å². The van der Waals surface area contributed by atoms with Crippen LogP contribution in [0.5, 0.6) is 0 Å². The normalized spacial score (nSPS) is 11.0. The zero-order valence-corrected chi connectivity index (χ0v) is 16.9. The zero-order chi connectivity index (χ0) is 14.8. The zero-order valence-electron chi connectivity index (χ0n) is 12.9. The number of nitrogens with one attached hydrogen (secondary N) is 1. The average Bonchev–Trinajstić information content (AvgIpc) is 2.45. The van der Waals surface area contributed by atoms with Crippen LogP contribution in [0.25, 0.3) is 0 Å². The van der Waals surface area contributed by atoms with Gasteiger partial charge in [-0.2, -0.15) is 0 Å². The predicted molar refractivity (Wildman–Crippen MR) is 103 cm³/mol. The van der Waals surface area contributed by atoms with E-state index in [1.807, 2.05) is 26.1 Å². The first kappa shape index (κ1) is 20.7. The monoisotopic (exact) mass is 469 g/mol. The summed E-state index contributed by atoms with van der Waals surface area (Å²) in [7, 11) is 3.85. The van der Waals surface area contributed by atoms with Crippen molar-refractivity contribution in [2.24, 2.45) is 4.99 Å². The molecule has 0 amide bonds. The molecule has 0 spiro atoms. The Morgan fingerprint density at radius 1 is 1.38 bits per heavy atom. The smallest absolute Gasteiger partial charge is 0.193 e. The maximum absolute atomic E-state index is 5.32. The van der Waals surface area contributed by atoms with Crippen LogP contribution in [0.2, 0.25) is 0 Å². The maximum atomic E-state index is 5.32. The van der Waals surface area contributed by atoms with Crippen LogP contribution in [0.3, 0.4) is 0 Å². The van der Waals surface area contributed by atoms with Crippen molar-refractivity contribution in [3.8, 4) is 0 Å². The van der Waals surface area contributed by atoms with Gasteiger partial charge in [0.05, 0.1) is 0 Å². The third-order valence-electron chi connectivity index (χ3n) is 2.89. The van der Waals surface area contributed by atoms with Gasteiger partial charge in [0.15, 0.2) is 5.96 Å². The van der Waals surface area contributed by atoms with E-state index in [9.17, 15) is 0 Å². The molecule has 0 atom stereocenters. The quantitative estimate of drug-likeness (QED) is 0.287. The third kappa shape index (κ3) is 8.01. The molecular formula is C15H25BrIN3O. The lowest BCUT2D eigenvalue weighted by molar-refractivity contribution is 0.145. The van der Waals surface area contributed by atoms with Gasteiger partial charge in [0, 0.05) is 44.9 Å². The van der Waals surface area contributed by atoms with Gasteiger partial charge in [0.1, 0.15) is 0 Å². The molecule has 0 saturated heterocycles. The maximum Gasteiger partial charge on any atom is 0.193 e. The average molecular weight is 470 g/mol. The number of nitrogens with zero attached hydrogens (tertiary/aromatic N) is 2. The Bertz CT molecular complexity index is 429. The van der Waals surface area contributed by atoms with Crippen molar-refractivity contribution >= 4 is 45.9 Å². The van der Waals surface area contributed by atoms with Crippen molar-refractivity contribution in [3.63, 3.8) is 0 Å². The molecule has 1 aromatic carbocycles. The molecular weight excluding hydrogens is 445 g/mol. The Hall–Kier alpha value is -0.340. The molecule has 0 aliphatic carbocycles. The summed E-state index contributed by atoms with van der Waals surface area (Å²) in [5.74, 6) is 0.900. The second kappa shape index (κ2) is 12.2. The fourth-order valence-corrected chi connectivity index (χ4v) is 2.27. The molecule has 0 bridgehead atoms. The van der Waals surface area contributed by atoms with E-state index >= 15 is 0 Å². The number of aliphatic imine (C=N–C) groups is 1. The van der Waals surface area contributed by atoms with E-state index in [1.54, 1.807) is 7.05 Å². The second-order valence-corrected chi connectivity index (χ2v) is 5.33. The highest BCUT2D eigenvalue weighted by Crippen LogP contribution is 2.17. The highest BCUT2D eigenvalue weighted by atomic mass is 127. The molecule has 1 N–H and O–H groups in total. The summed E-state index contributed by atoms with van der Waals surface area (Å²) in [5.41, 5.74) is 1.24. The fraction of sp³-hybridized carbons (Fsp3) is 0.533. The first-order valence-corrected chi connectivity index (χ1v) is 7.71. The minimum absolute atomic E-state index is 0. The van der Waals surface area contributed by atoms with Crippen molar-refractivity contribution in [2.45, 2.75) is 19.9 Å². The van der Waals surface area contributed by atoms with Gasteiger partial charge in [-0.1, -0.05) is 34.1 Å². The first-order chi connectivity index (χ1) is 9.69. The summed E-state index contributed by atoms with van der Waals surface area (Å²) in [6, 6.07) is 8.24. The Labute approximate surface area is 153 Å². The first-order valence-electron chi connectivity index (χ1n) is 6.92. The van der Waals surface area contributed by atoms with E-state index in [-0.39, 0.29) is 24.0 Å². The molecule has 6 heteroatoms. The van der Waals surface area contributed by atoms with Crippen LogP contribution in [-0.2, 0) is 11.3 Å². The van der Waals surface area contributed by atoms with Crippen LogP contribution >= 0.6 is 39.9 Å². The van der Waals surface area contributed by atoms with Crippen LogP contribution in [0, 0.1) is 0 Å². The molecule has 1 aromatic rings. The van der Waals surface area contributed by atoms with Gasteiger partial charge in [-0.25, -0.2) is 0 Å². The van der Waals surface area contributed by atoms with Gasteiger partial charge in [-0.15, -0.1) is 24.0 Å². The number of halogens is 2. The summed E-state index contributed by atoms with van der Waals surface area (Å²) >= 11 is 3.57. The molecule has 120 valence electrons.